The molecule has 192 valence electrons. The lowest BCUT2D eigenvalue weighted by Crippen LogP contribution is -2.46. The summed E-state index contributed by atoms with van der Waals surface area (Å²) in [5.74, 6) is -0.822. The summed E-state index contributed by atoms with van der Waals surface area (Å²) in [4.78, 5) is 35.6. The molecule has 2 N–H and O–H groups in total. The normalized spacial score (nSPS) is 20.6. The molecule has 2 aliphatic rings. The number of hydrogen-bond acceptors (Lipinski definition) is 9. The van der Waals surface area contributed by atoms with E-state index in [1.165, 1.54) is 11.3 Å². The van der Waals surface area contributed by atoms with E-state index in [2.05, 4.69) is 15.2 Å². The molecule has 12 heteroatoms. The Bertz CT molecular complexity index is 1170. The second-order valence-corrected chi connectivity index (χ2v) is 10.0. The number of amidine groups is 1. The second kappa shape index (κ2) is 12.2. The van der Waals surface area contributed by atoms with Crippen molar-refractivity contribution in [1.82, 2.24) is 15.2 Å². The summed E-state index contributed by atoms with van der Waals surface area (Å²) in [6, 6.07) is 4.36. The third kappa shape index (κ3) is 6.43. The van der Waals surface area contributed by atoms with Crippen LogP contribution in [0.4, 0.5) is 0 Å². The van der Waals surface area contributed by atoms with Gasteiger partial charge in [-0.25, -0.2) is 9.78 Å². The lowest BCUT2D eigenvalue weighted by atomic mass is 9.95. The maximum absolute atomic E-state index is 13.3. The Morgan fingerprint density at radius 1 is 1.36 bits per heavy atom. The molecular weight excluding hydrogens is 527 g/mol. The number of thiazole rings is 1. The van der Waals surface area contributed by atoms with E-state index in [-0.39, 0.29) is 19.1 Å². The van der Waals surface area contributed by atoms with Crippen molar-refractivity contribution in [1.29, 1.82) is 0 Å². The zero-order valence-corrected chi connectivity index (χ0v) is 21.9. The molecule has 2 aliphatic heterocycles. The number of halogens is 2. The van der Waals surface area contributed by atoms with Crippen LogP contribution in [0.15, 0.2) is 46.0 Å². The maximum atomic E-state index is 13.3. The molecule has 1 aromatic carbocycles. The highest BCUT2D eigenvalue weighted by molar-refractivity contribution is 7.11. The number of carbonyl (C=O) groups excluding carboxylic acids is 1. The minimum atomic E-state index is -0.857. The number of carbonyl (C=O) groups is 2. The summed E-state index contributed by atoms with van der Waals surface area (Å²) in [7, 11) is 0. The number of morpholine rings is 1. The number of carboxylic acid groups (broad SMARTS) is 1. The van der Waals surface area contributed by atoms with Gasteiger partial charge in [0.25, 0.3) is 0 Å². The standard InChI is InChI=1S/C24H26Cl2N4O5S/c1-2-34-24(33)20-18(13-30-8-9-35-15(12-30)4-6-19(31)32)28-22(23-27-7-10-36-23)29-21(20)16-5-3-14(25)11-17(16)26/h3,5,7,10-11,15,21H,2,4,6,8-9,12-13H2,1H3,(H,28,29)(H,31,32). The smallest absolute Gasteiger partial charge is 0.338 e. The topological polar surface area (TPSA) is 113 Å². The molecule has 0 radical (unpaired) electrons. The minimum absolute atomic E-state index is 0.0333. The van der Waals surface area contributed by atoms with Crippen molar-refractivity contribution in [3.63, 3.8) is 0 Å². The minimum Gasteiger partial charge on any atom is -0.481 e. The molecular formula is C24H26Cl2N4O5S. The fraction of sp³-hybridized carbons (Fsp3) is 0.417. The van der Waals surface area contributed by atoms with E-state index in [1.54, 1.807) is 31.3 Å². The molecule has 1 aromatic heterocycles. The van der Waals surface area contributed by atoms with Crippen molar-refractivity contribution >= 4 is 52.3 Å². The SMILES string of the molecule is CCOC(=O)C1=C(CN2CCOC(CCC(=O)O)C2)NC(c2nccs2)=NC1c1ccc(Cl)cc1Cl. The van der Waals surface area contributed by atoms with Gasteiger partial charge < -0.3 is 19.9 Å². The maximum Gasteiger partial charge on any atom is 0.338 e. The number of hydrogen-bond donors (Lipinski definition) is 2. The number of esters is 1. The molecule has 3 heterocycles. The van der Waals surface area contributed by atoms with Crippen LogP contribution < -0.4 is 5.32 Å². The molecule has 0 saturated carbocycles. The fourth-order valence-corrected chi connectivity index (χ4v) is 5.27. The van der Waals surface area contributed by atoms with Gasteiger partial charge in [0.15, 0.2) is 10.8 Å². The van der Waals surface area contributed by atoms with Crippen LogP contribution in [0.25, 0.3) is 0 Å². The predicted molar refractivity (Wildman–Crippen MR) is 138 cm³/mol. The van der Waals surface area contributed by atoms with Crippen molar-refractivity contribution in [2.75, 3.05) is 32.8 Å². The number of aliphatic carboxylic acids is 1. The number of aliphatic imine (C=N–C) groups is 1. The number of benzene rings is 1. The zero-order chi connectivity index (χ0) is 25.7. The third-order valence-electron chi connectivity index (χ3n) is 5.80. The van der Waals surface area contributed by atoms with Gasteiger partial charge in [0, 0.05) is 58.9 Å². The van der Waals surface area contributed by atoms with Gasteiger partial charge in [-0.3, -0.25) is 14.7 Å². The Morgan fingerprint density at radius 2 is 2.19 bits per heavy atom. The summed E-state index contributed by atoms with van der Waals surface area (Å²) in [5.41, 5.74) is 1.61. The highest BCUT2D eigenvalue weighted by Crippen LogP contribution is 2.37. The Morgan fingerprint density at radius 3 is 2.89 bits per heavy atom. The first-order chi connectivity index (χ1) is 17.4. The molecule has 2 unspecified atom stereocenters. The summed E-state index contributed by atoms with van der Waals surface area (Å²) < 4.78 is 11.2. The van der Waals surface area contributed by atoms with Gasteiger partial charge >= 0.3 is 11.9 Å². The lowest BCUT2D eigenvalue weighted by Gasteiger charge is -2.35. The molecule has 4 rings (SSSR count). The van der Waals surface area contributed by atoms with Gasteiger partial charge in [-0.05, 0) is 25.5 Å². The van der Waals surface area contributed by atoms with Gasteiger partial charge in [0.05, 0.1) is 24.9 Å². The largest absolute Gasteiger partial charge is 0.481 e. The summed E-state index contributed by atoms with van der Waals surface area (Å²) in [6.45, 7) is 3.96. The van der Waals surface area contributed by atoms with Crippen LogP contribution in [0.5, 0.6) is 0 Å². The number of aromatic nitrogens is 1. The van der Waals surface area contributed by atoms with Crippen molar-refractivity contribution in [3.8, 4) is 0 Å². The molecule has 1 fully saturated rings. The van der Waals surface area contributed by atoms with Crippen molar-refractivity contribution in [2.45, 2.75) is 31.9 Å². The van der Waals surface area contributed by atoms with E-state index in [1.807, 2.05) is 5.38 Å². The first-order valence-corrected chi connectivity index (χ1v) is 13.1. The molecule has 0 amide bonds. The quantitative estimate of drug-likeness (QED) is 0.450. The van der Waals surface area contributed by atoms with Gasteiger partial charge in [0.1, 0.15) is 6.04 Å². The predicted octanol–water partition coefficient (Wildman–Crippen LogP) is 3.92. The Balaban J connectivity index is 1.71. The summed E-state index contributed by atoms with van der Waals surface area (Å²) in [5, 5.41) is 15.7. The van der Waals surface area contributed by atoms with E-state index < -0.39 is 18.0 Å². The first-order valence-electron chi connectivity index (χ1n) is 11.5. The molecule has 9 nitrogen and oxygen atoms in total. The lowest BCUT2D eigenvalue weighted by molar-refractivity contribution is -0.139. The Hall–Kier alpha value is -2.50. The molecule has 2 atom stereocenters. The van der Waals surface area contributed by atoms with Crippen molar-refractivity contribution < 1.29 is 24.2 Å². The summed E-state index contributed by atoms with van der Waals surface area (Å²) >= 11 is 14.1. The number of rotatable bonds is 9. The van der Waals surface area contributed by atoms with Crippen LogP contribution in [0.2, 0.25) is 10.0 Å². The summed E-state index contributed by atoms with van der Waals surface area (Å²) in [6.07, 6.45) is 1.93. The van der Waals surface area contributed by atoms with E-state index in [4.69, 9.17) is 42.8 Å². The van der Waals surface area contributed by atoms with Gasteiger partial charge in [-0.1, -0.05) is 29.3 Å². The van der Waals surface area contributed by atoms with Crippen molar-refractivity contribution in [2.24, 2.45) is 4.99 Å². The van der Waals surface area contributed by atoms with Gasteiger partial charge in [-0.15, -0.1) is 11.3 Å². The van der Waals surface area contributed by atoms with Crippen LogP contribution in [0.3, 0.4) is 0 Å². The van der Waals surface area contributed by atoms with Crippen LogP contribution in [0.1, 0.15) is 36.4 Å². The van der Waals surface area contributed by atoms with Crippen molar-refractivity contribution in [3.05, 3.63) is 61.7 Å². The third-order valence-corrected chi connectivity index (χ3v) is 7.14. The fourth-order valence-electron chi connectivity index (χ4n) is 4.17. The Kier molecular flexibility index (Phi) is 8.97. The number of carboxylic acids is 1. The van der Waals surface area contributed by atoms with Crippen LogP contribution in [-0.4, -0.2) is 71.7 Å². The van der Waals surface area contributed by atoms with E-state index in [0.29, 0.717) is 70.4 Å². The molecule has 1 saturated heterocycles. The average molecular weight is 553 g/mol. The monoisotopic (exact) mass is 552 g/mol. The van der Waals surface area contributed by atoms with Crippen LogP contribution >= 0.6 is 34.5 Å². The van der Waals surface area contributed by atoms with Crippen LogP contribution in [0, 0.1) is 0 Å². The van der Waals surface area contributed by atoms with E-state index in [0.717, 1.165) is 0 Å². The van der Waals surface area contributed by atoms with E-state index in [9.17, 15) is 9.59 Å². The number of nitrogens with one attached hydrogen (secondary N) is 1. The highest BCUT2D eigenvalue weighted by Gasteiger charge is 2.35. The second-order valence-electron chi connectivity index (χ2n) is 8.28. The number of nitrogens with zero attached hydrogens (tertiary/aromatic N) is 3. The van der Waals surface area contributed by atoms with E-state index >= 15 is 0 Å². The molecule has 0 spiro atoms. The molecule has 36 heavy (non-hydrogen) atoms. The zero-order valence-electron chi connectivity index (χ0n) is 19.6. The van der Waals surface area contributed by atoms with Gasteiger partial charge in [-0.2, -0.15) is 0 Å². The van der Waals surface area contributed by atoms with Crippen LogP contribution in [-0.2, 0) is 19.1 Å². The molecule has 2 aromatic rings. The molecule has 0 aliphatic carbocycles. The Labute approximate surface area is 222 Å². The molecule has 0 bridgehead atoms. The highest BCUT2D eigenvalue weighted by atomic mass is 35.5. The number of ether oxygens (including phenoxy) is 2. The first kappa shape index (κ1) is 26.6. The van der Waals surface area contributed by atoms with Gasteiger partial charge in [0.2, 0.25) is 0 Å². The average Bonchev–Trinajstić information content (AvgIpc) is 3.38.